The average molecular weight is 440 g/mol. The predicted octanol–water partition coefficient (Wildman–Crippen LogP) is 3.37. The van der Waals surface area contributed by atoms with Crippen LogP contribution in [-0.2, 0) is 11.3 Å². The minimum Gasteiger partial charge on any atom is -0.380 e. The van der Waals surface area contributed by atoms with E-state index < -0.39 is 0 Å². The highest BCUT2D eigenvalue weighted by Gasteiger charge is 2.22. The van der Waals surface area contributed by atoms with Gasteiger partial charge in [-0.2, -0.15) is 0 Å². The first-order valence-corrected chi connectivity index (χ1v) is 11.1. The van der Waals surface area contributed by atoms with Crippen LogP contribution in [0.4, 0.5) is 10.1 Å². The number of ether oxygens (including phenoxy) is 1. The molecule has 32 heavy (non-hydrogen) atoms. The van der Waals surface area contributed by atoms with Gasteiger partial charge in [-0.25, -0.2) is 9.37 Å². The van der Waals surface area contributed by atoms with Crippen molar-refractivity contribution < 1.29 is 13.9 Å². The second-order valence-electron chi connectivity index (χ2n) is 8.19. The first-order valence-electron chi connectivity index (χ1n) is 11.1. The number of hydrogen-bond acceptors (Lipinski definition) is 5. The predicted molar refractivity (Wildman–Crippen MR) is 122 cm³/mol. The summed E-state index contributed by atoms with van der Waals surface area (Å²) in [4.78, 5) is 17.5. The van der Waals surface area contributed by atoms with Gasteiger partial charge in [0.05, 0.1) is 24.6 Å². The van der Waals surface area contributed by atoms with Gasteiger partial charge in [-0.05, 0) is 61.1 Å². The van der Waals surface area contributed by atoms with E-state index in [1.807, 2.05) is 17.5 Å². The monoisotopic (exact) mass is 439 g/mol. The van der Waals surface area contributed by atoms with Crippen molar-refractivity contribution >= 4 is 17.2 Å². The van der Waals surface area contributed by atoms with E-state index in [0.29, 0.717) is 54.9 Å². The fourth-order valence-corrected chi connectivity index (χ4v) is 3.97. The van der Waals surface area contributed by atoms with Crippen LogP contribution in [0, 0.1) is 12.7 Å². The van der Waals surface area contributed by atoms with Crippen molar-refractivity contribution in [1.29, 1.82) is 0 Å². The largest absolute Gasteiger partial charge is 0.380 e. The molecule has 4 N–H and O–H groups in total. The van der Waals surface area contributed by atoms with Crippen LogP contribution in [-0.4, -0.2) is 41.6 Å². The highest BCUT2D eigenvalue weighted by atomic mass is 19.1. The summed E-state index contributed by atoms with van der Waals surface area (Å²) in [6, 6.07) is 9.04. The number of carbonyl (C=O) groups excluding carboxylic acids is 1. The van der Waals surface area contributed by atoms with Gasteiger partial charge < -0.3 is 21.1 Å². The Hall–Kier alpha value is -2.97. The fourth-order valence-electron chi connectivity index (χ4n) is 3.97. The molecule has 0 saturated heterocycles. The van der Waals surface area contributed by atoms with E-state index in [1.165, 1.54) is 30.9 Å². The molecule has 1 amide bonds. The Morgan fingerprint density at radius 3 is 2.84 bits per heavy atom. The molecule has 0 unspecified atom stereocenters. The molecule has 1 aliphatic carbocycles. The number of carbonyl (C=O) groups is 1. The van der Waals surface area contributed by atoms with Gasteiger partial charge in [0.2, 0.25) is 0 Å². The molecule has 2 heterocycles. The molecule has 170 valence electrons. The fraction of sp³-hybridized carbons (Fsp3) is 0.417. The van der Waals surface area contributed by atoms with Gasteiger partial charge in [-0.1, -0.05) is 12.5 Å². The number of nitrogens with zero attached hydrogens (tertiary/aromatic N) is 2. The third kappa shape index (κ3) is 4.92. The minimum atomic E-state index is -0.370. The molecule has 8 heteroatoms. The van der Waals surface area contributed by atoms with Gasteiger partial charge in [0, 0.05) is 25.8 Å². The summed E-state index contributed by atoms with van der Waals surface area (Å²) in [5.74, 6) is 0.0104. The Bertz CT molecular complexity index is 1090. The summed E-state index contributed by atoms with van der Waals surface area (Å²) in [6.07, 6.45) is 5.64. The third-order valence-electron chi connectivity index (χ3n) is 5.93. The molecule has 0 radical (unpaired) electrons. The zero-order valence-corrected chi connectivity index (χ0v) is 18.4. The van der Waals surface area contributed by atoms with E-state index in [4.69, 9.17) is 10.5 Å². The van der Waals surface area contributed by atoms with E-state index in [2.05, 4.69) is 27.8 Å². The summed E-state index contributed by atoms with van der Waals surface area (Å²) >= 11 is 0. The molecular weight excluding hydrogens is 409 g/mol. The number of aryl methyl sites for hydroxylation is 1. The van der Waals surface area contributed by atoms with E-state index in [9.17, 15) is 9.18 Å². The zero-order valence-electron chi connectivity index (χ0n) is 18.4. The summed E-state index contributed by atoms with van der Waals surface area (Å²) in [7, 11) is 0. The molecule has 0 spiro atoms. The number of hydrogen-bond donors (Lipinski definition) is 3. The molecule has 0 aliphatic heterocycles. The number of rotatable bonds is 10. The zero-order chi connectivity index (χ0) is 22.5. The second-order valence-corrected chi connectivity index (χ2v) is 8.19. The summed E-state index contributed by atoms with van der Waals surface area (Å²) in [5.41, 5.74) is 9.70. The van der Waals surface area contributed by atoms with E-state index >= 15 is 0 Å². The Balaban J connectivity index is 1.37. The van der Waals surface area contributed by atoms with E-state index in [0.717, 1.165) is 5.65 Å². The third-order valence-corrected chi connectivity index (χ3v) is 5.93. The van der Waals surface area contributed by atoms with Crippen LogP contribution in [0.2, 0.25) is 0 Å². The van der Waals surface area contributed by atoms with Crippen LogP contribution in [0.5, 0.6) is 0 Å². The van der Waals surface area contributed by atoms with Crippen LogP contribution in [0.3, 0.4) is 0 Å². The Kier molecular flexibility index (Phi) is 7.02. The number of aromatic nitrogens is 2. The van der Waals surface area contributed by atoms with Gasteiger partial charge in [0.1, 0.15) is 17.2 Å². The van der Waals surface area contributed by atoms with Crippen LogP contribution in [0.1, 0.15) is 52.5 Å². The first kappa shape index (κ1) is 22.2. The number of pyridine rings is 1. The normalized spacial score (nSPS) is 13.8. The van der Waals surface area contributed by atoms with Crippen LogP contribution in [0.25, 0.3) is 5.65 Å². The number of fused-ring (bicyclic) bond motifs is 1. The smallest absolute Gasteiger partial charge is 0.270 e. The first-order chi connectivity index (χ1) is 15.6. The molecular formula is C24H30FN5O2. The average Bonchev–Trinajstić information content (AvgIpc) is 3.07. The SMILES string of the molecule is Cc1nc2cc(C3CCC3)ccn2c1C(=O)NCc1ccc(NCCOCCN)c(F)c1. The quantitative estimate of drug-likeness (QED) is 0.421. The van der Waals surface area contributed by atoms with E-state index in [1.54, 1.807) is 12.1 Å². The van der Waals surface area contributed by atoms with Crippen molar-refractivity contribution in [2.75, 3.05) is 31.6 Å². The number of amides is 1. The lowest BCUT2D eigenvalue weighted by molar-refractivity contribution is 0.0944. The van der Waals surface area contributed by atoms with Crippen molar-refractivity contribution in [3.63, 3.8) is 0 Å². The molecule has 1 aliphatic rings. The maximum absolute atomic E-state index is 14.4. The molecule has 1 saturated carbocycles. The van der Waals surface area contributed by atoms with E-state index in [-0.39, 0.29) is 18.3 Å². The number of anilines is 1. The topological polar surface area (TPSA) is 93.7 Å². The Labute approximate surface area is 187 Å². The number of benzene rings is 1. The maximum Gasteiger partial charge on any atom is 0.270 e. The Morgan fingerprint density at radius 2 is 2.12 bits per heavy atom. The van der Waals surface area contributed by atoms with Gasteiger partial charge in [0.25, 0.3) is 5.91 Å². The molecule has 0 atom stereocenters. The highest BCUT2D eigenvalue weighted by Crippen LogP contribution is 2.36. The summed E-state index contributed by atoms with van der Waals surface area (Å²) in [6.45, 7) is 3.95. The maximum atomic E-state index is 14.4. The Morgan fingerprint density at radius 1 is 1.28 bits per heavy atom. The van der Waals surface area contributed by atoms with Gasteiger partial charge in [-0.15, -0.1) is 0 Å². The molecule has 4 rings (SSSR count). The summed E-state index contributed by atoms with van der Waals surface area (Å²) < 4.78 is 21.5. The molecule has 2 aromatic heterocycles. The van der Waals surface area contributed by atoms with Crippen molar-refractivity contribution in [2.24, 2.45) is 5.73 Å². The molecule has 3 aromatic rings. The molecule has 0 bridgehead atoms. The number of nitrogens with one attached hydrogen (secondary N) is 2. The highest BCUT2D eigenvalue weighted by molar-refractivity contribution is 5.94. The summed E-state index contributed by atoms with van der Waals surface area (Å²) in [5, 5.41) is 5.88. The van der Waals surface area contributed by atoms with Crippen molar-refractivity contribution in [1.82, 2.24) is 14.7 Å². The number of imidazole rings is 1. The lowest BCUT2D eigenvalue weighted by Gasteiger charge is -2.25. The van der Waals surface area contributed by atoms with Gasteiger partial charge >= 0.3 is 0 Å². The molecule has 1 fully saturated rings. The lowest BCUT2D eigenvalue weighted by Crippen LogP contribution is -2.25. The number of nitrogens with two attached hydrogens (primary N) is 1. The van der Waals surface area contributed by atoms with Gasteiger partial charge in [0.15, 0.2) is 0 Å². The standard InChI is InChI=1S/C24H30FN5O2/c1-16-23(30-10-7-19(14-22(30)29-16)18-3-2-4-18)24(31)28-15-17-5-6-21(20(25)13-17)27-9-12-32-11-8-26/h5-7,10,13-14,18,27H,2-4,8-9,11-12,15,26H2,1H3,(H,28,31). The van der Waals surface area contributed by atoms with Crippen molar-refractivity contribution in [3.8, 4) is 0 Å². The second kappa shape index (κ2) is 10.1. The van der Waals surface area contributed by atoms with Crippen molar-refractivity contribution in [2.45, 2.75) is 38.6 Å². The van der Waals surface area contributed by atoms with Crippen LogP contribution >= 0.6 is 0 Å². The minimum absolute atomic E-state index is 0.225. The number of halogens is 1. The van der Waals surface area contributed by atoms with Crippen molar-refractivity contribution in [3.05, 3.63) is 64.9 Å². The van der Waals surface area contributed by atoms with Crippen LogP contribution in [0.15, 0.2) is 36.5 Å². The molecule has 7 nitrogen and oxygen atoms in total. The van der Waals surface area contributed by atoms with Crippen LogP contribution < -0.4 is 16.4 Å². The van der Waals surface area contributed by atoms with Gasteiger partial charge in [-0.3, -0.25) is 9.20 Å². The molecule has 1 aromatic carbocycles. The lowest BCUT2D eigenvalue weighted by atomic mass is 9.80.